The quantitative estimate of drug-likeness (QED) is 0.345. The van der Waals surface area contributed by atoms with Gasteiger partial charge >= 0.3 is 0 Å². The molecule has 4 aromatic rings. The van der Waals surface area contributed by atoms with Gasteiger partial charge in [-0.25, -0.2) is 9.97 Å². The number of amides is 1. The summed E-state index contributed by atoms with van der Waals surface area (Å²) in [6.45, 7) is 2.37. The Kier molecular flexibility index (Phi) is 5.24. The van der Waals surface area contributed by atoms with Crippen molar-refractivity contribution >= 4 is 39.7 Å². The van der Waals surface area contributed by atoms with Gasteiger partial charge in [0.05, 0.1) is 10.4 Å². The molecule has 1 amide bonds. The number of non-ortho nitro benzene ring substituents is 1. The van der Waals surface area contributed by atoms with Crippen LogP contribution in [0.5, 0.6) is 0 Å². The van der Waals surface area contributed by atoms with E-state index in [1.807, 2.05) is 41.1 Å². The number of para-hydroxylation sites is 1. The van der Waals surface area contributed by atoms with Gasteiger partial charge in [-0.3, -0.25) is 14.9 Å². The van der Waals surface area contributed by atoms with Crippen LogP contribution in [0.4, 0.5) is 11.5 Å². The van der Waals surface area contributed by atoms with Gasteiger partial charge in [0.2, 0.25) is 0 Å². The highest BCUT2D eigenvalue weighted by Crippen LogP contribution is 2.29. The van der Waals surface area contributed by atoms with Crippen LogP contribution in [0.25, 0.3) is 22.3 Å². The van der Waals surface area contributed by atoms with Crippen LogP contribution in [0.1, 0.15) is 10.4 Å². The molecule has 1 aliphatic heterocycles. The van der Waals surface area contributed by atoms with E-state index < -0.39 is 4.92 Å². The summed E-state index contributed by atoms with van der Waals surface area (Å²) < 4.78 is 0. The number of benzene rings is 2. The number of nitro groups is 1. The van der Waals surface area contributed by atoms with E-state index in [1.165, 1.54) is 24.3 Å². The Morgan fingerprint density at radius 2 is 1.72 bits per heavy atom. The predicted molar refractivity (Wildman–Crippen MR) is 124 cm³/mol. The number of hydrogen-bond acceptors (Lipinski definition) is 7. The summed E-state index contributed by atoms with van der Waals surface area (Å²) in [4.78, 5) is 36.8. The van der Waals surface area contributed by atoms with Crippen LogP contribution in [-0.2, 0) is 0 Å². The van der Waals surface area contributed by atoms with Gasteiger partial charge in [0.1, 0.15) is 5.82 Å². The molecule has 0 aliphatic carbocycles. The van der Waals surface area contributed by atoms with Crippen LogP contribution in [0.2, 0.25) is 0 Å². The van der Waals surface area contributed by atoms with E-state index in [9.17, 15) is 14.9 Å². The Morgan fingerprint density at radius 3 is 2.41 bits per heavy atom. The maximum Gasteiger partial charge on any atom is 0.269 e. The lowest BCUT2D eigenvalue weighted by molar-refractivity contribution is -0.384. The zero-order valence-electron chi connectivity index (χ0n) is 17.0. The summed E-state index contributed by atoms with van der Waals surface area (Å²) in [5.41, 5.74) is 2.32. The molecule has 0 radical (unpaired) electrons. The van der Waals surface area contributed by atoms with Crippen molar-refractivity contribution in [3.05, 3.63) is 81.0 Å². The van der Waals surface area contributed by atoms with Crippen LogP contribution < -0.4 is 4.90 Å². The molecule has 2 aromatic heterocycles. The predicted octanol–water partition coefficient (Wildman–Crippen LogP) is 4.23. The first-order valence-corrected chi connectivity index (χ1v) is 11.1. The molecule has 32 heavy (non-hydrogen) atoms. The van der Waals surface area contributed by atoms with E-state index >= 15 is 0 Å². The van der Waals surface area contributed by atoms with Crippen molar-refractivity contribution in [2.45, 2.75) is 0 Å². The molecule has 0 atom stereocenters. The Balaban J connectivity index is 1.37. The lowest BCUT2D eigenvalue weighted by Gasteiger charge is -2.36. The van der Waals surface area contributed by atoms with Gasteiger partial charge in [0, 0.05) is 60.2 Å². The highest BCUT2D eigenvalue weighted by atomic mass is 32.1. The van der Waals surface area contributed by atoms with Crippen molar-refractivity contribution in [3.63, 3.8) is 0 Å². The molecule has 5 rings (SSSR count). The molecule has 0 spiro atoms. The molecule has 2 aromatic carbocycles. The number of nitro benzene ring substituents is 1. The molecule has 8 nitrogen and oxygen atoms in total. The van der Waals surface area contributed by atoms with E-state index in [-0.39, 0.29) is 11.6 Å². The number of carbonyl (C=O) groups is 1. The van der Waals surface area contributed by atoms with Gasteiger partial charge in [-0.2, -0.15) is 11.3 Å². The number of anilines is 1. The minimum Gasteiger partial charge on any atom is -0.352 e. The molecule has 0 bridgehead atoms. The molecule has 0 N–H and O–H groups in total. The second-order valence-corrected chi connectivity index (χ2v) is 8.26. The summed E-state index contributed by atoms with van der Waals surface area (Å²) in [5, 5.41) is 15.9. The topological polar surface area (TPSA) is 92.5 Å². The molecular formula is C23H19N5O3S. The lowest BCUT2D eigenvalue weighted by atomic mass is 10.1. The monoisotopic (exact) mass is 445 g/mol. The molecule has 0 saturated carbocycles. The molecule has 160 valence electrons. The van der Waals surface area contributed by atoms with Gasteiger partial charge in [-0.15, -0.1) is 0 Å². The summed E-state index contributed by atoms with van der Waals surface area (Å²) in [5.74, 6) is 1.45. The molecule has 0 unspecified atom stereocenters. The van der Waals surface area contributed by atoms with Crippen molar-refractivity contribution < 1.29 is 9.72 Å². The first-order chi connectivity index (χ1) is 15.6. The summed E-state index contributed by atoms with van der Waals surface area (Å²) in [6.07, 6.45) is 0. The summed E-state index contributed by atoms with van der Waals surface area (Å²) >= 11 is 1.61. The second-order valence-electron chi connectivity index (χ2n) is 7.48. The maximum absolute atomic E-state index is 12.9. The fourth-order valence-corrected chi connectivity index (χ4v) is 4.49. The van der Waals surface area contributed by atoms with Crippen molar-refractivity contribution in [1.82, 2.24) is 14.9 Å². The van der Waals surface area contributed by atoms with Crippen LogP contribution in [-0.4, -0.2) is 51.9 Å². The van der Waals surface area contributed by atoms with Gasteiger partial charge in [0.15, 0.2) is 5.82 Å². The standard InChI is InChI=1S/C23H19N5O3S/c29-23(16-5-7-18(8-6-16)28(30)31)27-12-10-26(11-13-27)22-19-3-1-2-4-20(19)24-21(25-22)17-9-14-32-15-17/h1-9,14-15H,10-13H2. The fraction of sp³-hybridized carbons (Fsp3) is 0.174. The highest BCUT2D eigenvalue weighted by molar-refractivity contribution is 7.08. The molecule has 1 saturated heterocycles. The average Bonchev–Trinajstić information content (AvgIpc) is 3.38. The van der Waals surface area contributed by atoms with Gasteiger partial charge < -0.3 is 9.80 Å². The Labute approximate surface area is 187 Å². The minimum absolute atomic E-state index is 0.0246. The number of aromatic nitrogens is 2. The number of hydrogen-bond donors (Lipinski definition) is 0. The zero-order valence-corrected chi connectivity index (χ0v) is 17.9. The number of fused-ring (bicyclic) bond motifs is 1. The van der Waals surface area contributed by atoms with Crippen LogP contribution >= 0.6 is 11.3 Å². The van der Waals surface area contributed by atoms with Gasteiger partial charge in [-0.05, 0) is 35.7 Å². The normalized spacial score (nSPS) is 14.0. The number of rotatable bonds is 4. The van der Waals surface area contributed by atoms with Gasteiger partial charge in [0.25, 0.3) is 11.6 Å². The number of piperazine rings is 1. The minimum atomic E-state index is -0.469. The number of carbonyl (C=O) groups excluding carboxylic acids is 1. The van der Waals surface area contributed by atoms with Crippen molar-refractivity contribution in [2.75, 3.05) is 31.1 Å². The van der Waals surface area contributed by atoms with Crippen LogP contribution in [0, 0.1) is 10.1 Å². The first-order valence-electron chi connectivity index (χ1n) is 10.2. The molecule has 1 aliphatic rings. The third kappa shape index (κ3) is 3.78. The third-order valence-electron chi connectivity index (χ3n) is 5.55. The molecule has 9 heteroatoms. The largest absolute Gasteiger partial charge is 0.352 e. The van der Waals surface area contributed by atoms with E-state index in [0.29, 0.717) is 37.6 Å². The zero-order chi connectivity index (χ0) is 22.1. The van der Waals surface area contributed by atoms with Crippen molar-refractivity contribution in [2.24, 2.45) is 0 Å². The van der Waals surface area contributed by atoms with Crippen molar-refractivity contribution in [3.8, 4) is 11.4 Å². The lowest BCUT2D eigenvalue weighted by Crippen LogP contribution is -2.49. The van der Waals surface area contributed by atoms with Crippen LogP contribution in [0.3, 0.4) is 0 Å². The van der Waals surface area contributed by atoms with E-state index in [2.05, 4.69) is 4.90 Å². The van der Waals surface area contributed by atoms with Gasteiger partial charge in [-0.1, -0.05) is 12.1 Å². The maximum atomic E-state index is 12.9. The van der Waals surface area contributed by atoms with Crippen LogP contribution in [0.15, 0.2) is 65.4 Å². The fourth-order valence-electron chi connectivity index (χ4n) is 3.85. The number of nitrogens with zero attached hydrogens (tertiary/aromatic N) is 5. The van der Waals surface area contributed by atoms with Crippen molar-refractivity contribution in [1.29, 1.82) is 0 Å². The SMILES string of the molecule is O=C(c1ccc([N+](=O)[O-])cc1)N1CCN(c2nc(-c3ccsc3)nc3ccccc23)CC1. The highest BCUT2D eigenvalue weighted by Gasteiger charge is 2.25. The molecule has 1 fully saturated rings. The Morgan fingerprint density at radius 1 is 0.969 bits per heavy atom. The third-order valence-corrected chi connectivity index (χ3v) is 6.24. The Hall–Kier alpha value is -3.85. The average molecular weight is 446 g/mol. The second kappa shape index (κ2) is 8.35. The summed E-state index contributed by atoms with van der Waals surface area (Å²) in [7, 11) is 0. The van der Waals surface area contributed by atoms with E-state index in [0.717, 1.165) is 22.3 Å². The summed E-state index contributed by atoms with van der Waals surface area (Å²) in [6, 6.07) is 15.7. The first kappa shape index (κ1) is 20.1. The van der Waals surface area contributed by atoms with E-state index in [4.69, 9.17) is 9.97 Å². The molecule has 3 heterocycles. The van der Waals surface area contributed by atoms with E-state index in [1.54, 1.807) is 16.2 Å². The number of thiophene rings is 1. The molecular weight excluding hydrogens is 426 g/mol. The smallest absolute Gasteiger partial charge is 0.269 e. The Bertz CT molecular complexity index is 1280.